The van der Waals surface area contributed by atoms with Crippen molar-refractivity contribution in [3.05, 3.63) is 41.7 Å². The summed E-state index contributed by atoms with van der Waals surface area (Å²) in [6.07, 6.45) is 3.71. The lowest BCUT2D eigenvalue weighted by Gasteiger charge is -2.34. The maximum Gasteiger partial charge on any atom is 0.319 e. The van der Waals surface area contributed by atoms with Gasteiger partial charge in [-0.3, -0.25) is 9.69 Å². The molecule has 150 valence electrons. The van der Waals surface area contributed by atoms with Crippen LogP contribution in [0.1, 0.15) is 12.8 Å². The third kappa shape index (κ3) is 5.81. The molecule has 0 aliphatic carbocycles. The van der Waals surface area contributed by atoms with Gasteiger partial charge in [0.25, 0.3) is 0 Å². The zero-order valence-corrected chi connectivity index (χ0v) is 17.0. The molecule has 8 heteroatoms. The van der Waals surface area contributed by atoms with Crippen molar-refractivity contribution in [2.45, 2.75) is 12.8 Å². The van der Waals surface area contributed by atoms with E-state index in [1.807, 2.05) is 42.3 Å². The topological polar surface area (TPSA) is 70.6 Å². The molecule has 3 rings (SSSR count). The van der Waals surface area contributed by atoms with E-state index in [1.54, 1.807) is 6.33 Å². The number of piperidine rings is 1. The Bertz CT molecular complexity index is 796. The van der Waals surface area contributed by atoms with Crippen molar-refractivity contribution in [3.8, 4) is 0 Å². The summed E-state index contributed by atoms with van der Waals surface area (Å²) in [5.74, 6) is 2.03. The fraction of sp³-hybridized carbons (Fsp3) is 0.450. The van der Waals surface area contributed by atoms with Gasteiger partial charge in [-0.2, -0.15) is 0 Å². The van der Waals surface area contributed by atoms with Gasteiger partial charge in [0, 0.05) is 36.4 Å². The molecule has 0 bridgehead atoms. The number of carbonyl (C=O) groups excluding carboxylic acids is 1. The zero-order valence-electron chi connectivity index (χ0n) is 16.3. The Labute approximate surface area is 170 Å². The lowest BCUT2D eigenvalue weighted by atomic mass is 9.96. The number of benzene rings is 1. The van der Waals surface area contributed by atoms with Gasteiger partial charge in [-0.05, 0) is 44.0 Å². The van der Waals surface area contributed by atoms with E-state index in [0.717, 1.165) is 49.8 Å². The molecule has 0 saturated carbocycles. The molecule has 1 aromatic heterocycles. The molecule has 1 saturated heterocycles. The predicted octanol–water partition coefficient (Wildman–Crippen LogP) is 3.19. The summed E-state index contributed by atoms with van der Waals surface area (Å²) < 4.78 is 4.73. The normalized spacial score (nSPS) is 14.9. The summed E-state index contributed by atoms with van der Waals surface area (Å²) >= 11 is 6.04. The average Bonchev–Trinajstić information content (AvgIpc) is 2.68. The minimum absolute atomic E-state index is 0.194. The van der Waals surface area contributed by atoms with Crippen LogP contribution in [-0.2, 0) is 9.53 Å². The number of esters is 1. The van der Waals surface area contributed by atoms with Crippen molar-refractivity contribution in [3.63, 3.8) is 0 Å². The number of hydrogen-bond acceptors (Lipinski definition) is 7. The zero-order chi connectivity index (χ0) is 19.9. The van der Waals surface area contributed by atoms with Crippen LogP contribution in [-0.4, -0.2) is 61.2 Å². The Hall–Kier alpha value is -2.38. The van der Waals surface area contributed by atoms with Crippen LogP contribution in [0.15, 0.2) is 36.7 Å². The molecule has 0 atom stereocenters. The molecule has 2 heterocycles. The summed E-state index contributed by atoms with van der Waals surface area (Å²) in [5.41, 5.74) is 0.893. The molecule has 0 spiro atoms. The lowest BCUT2D eigenvalue weighted by Crippen LogP contribution is -2.39. The maximum atomic E-state index is 11.4. The van der Waals surface area contributed by atoms with Crippen LogP contribution in [0.5, 0.6) is 0 Å². The molecule has 1 aromatic carbocycles. The quantitative estimate of drug-likeness (QED) is 0.712. The van der Waals surface area contributed by atoms with Crippen molar-refractivity contribution in [1.82, 2.24) is 14.9 Å². The van der Waals surface area contributed by atoms with Crippen LogP contribution in [0.25, 0.3) is 0 Å². The smallest absolute Gasteiger partial charge is 0.319 e. The Balaban J connectivity index is 1.54. The van der Waals surface area contributed by atoms with E-state index in [-0.39, 0.29) is 5.97 Å². The van der Waals surface area contributed by atoms with Crippen molar-refractivity contribution in [2.24, 2.45) is 5.92 Å². The maximum absolute atomic E-state index is 11.4. The summed E-state index contributed by atoms with van der Waals surface area (Å²) in [4.78, 5) is 24.4. The van der Waals surface area contributed by atoms with Gasteiger partial charge < -0.3 is 15.0 Å². The van der Waals surface area contributed by atoms with Gasteiger partial charge in [0.05, 0.1) is 13.7 Å². The summed E-state index contributed by atoms with van der Waals surface area (Å²) in [6.45, 7) is 3.10. The highest BCUT2D eigenvalue weighted by Crippen LogP contribution is 2.25. The minimum Gasteiger partial charge on any atom is -0.468 e. The summed E-state index contributed by atoms with van der Waals surface area (Å²) in [7, 11) is 3.38. The van der Waals surface area contributed by atoms with Crippen LogP contribution in [0.4, 0.5) is 17.3 Å². The second-order valence-electron chi connectivity index (χ2n) is 7.10. The number of methoxy groups -OCH3 is 1. The molecule has 0 amide bonds. The molecular formula is C20H26ClN5O2. The minimum atomic E-state index is -0.194. The molecule has 1 fully saturated rings. The van der Waals surface area contributed by atoms with Crippen molar-refractivity contribution in [1.29, 1.82) is 0 Å². The number of anilines is 3. The van der Waals surface area contributed by atoms with Gasteiger partial charge >= 0.3 is 5.97 Å². The highest BCUT2D eigenvalue weighted by molar-refractivity contribution is 6.30. The Morgan fingerprint density at radius 1 is 1.32 bits per heavy atom. The number of hydrogen-bond donors (Lipinski definition) is 1. The highest BCUT2D eigenvalue weighted by Gasteiger charge is 2.22. The van der Waals surface area contributed by atoms with E-state index in [1.165, 1.54) is 7.11 Å². The first-order chi connectivity index (χ1) is 13.5. The first-order valence-electron chi connectivity index (χ1n) is 9.38. The fourth-order valence-electron chi connectivity index (χ4n) is 3.44. The second-order valence-corrected chi connectivity index (χ2v) is 7.54. The van der Waals surface area contributed by atoms with Gasteiger partial charge in [0.15, 0.2) is 0 Å². The largest absolute Gasteiger partial charge is 0.468 e. The first-order valence-corrected chi connectivity index (χ1v) is 9.76. The Morgan fingerprint density at radius 2 is 2.11 bits per heavy atom. The molecule has 0 unspecified atom stereocenters. The van der Waals surface area contributed by atoms with Crippen LogP contribution in [0.2, 0.25) is 5.02 Å². The van der Waals surface area contributed by atoms with Gasteiger partial charge in [-0.25, -0.2) is 9.97 Å². The van der Waals surface area contributed by atoms with Crippen LogP contribution >= 0.6 is 11.6 Å². The van der Waals surface area contributed by atoms with E-state index in [2.05, 4.69) is 20.2 Å². The number of ether oxygens (including phenoxy) is 1. The lowest BCUT2D eigenvalue weighted by molar-refractivity contribution is -0.141. The molecule has 1 aliphatic heterocycles. The van der Waals surface area contributed by atoms with Crippen molar-refractivity contribution < 1.29 is 9.53 Å². The van der Waals surface area contributed by atoms with Gasteiger partial charge in [-0.15, -0.1) is 0 Å². The molecule has 28 heavy (non-hydrogen) atoms. The molecular weight excluding hydrogens is 378 g/mol. The van der Waals surface area contributed by atoms with E-state index in [9.17, 15) is 4.79 Å². The third-order valence-electron chi connectivity index (χ3n) is 4.88. The first kappa shape index (κ1) is 20.4. The molecule has 2 aromatic rings. The highest BCUT2D eigenvalue weighted by atomic mass is 35.5. The third-order valence-corrected chi connectivity index (χ3v) is 5.12. The number of likely N-dealkylation sites (N-methyl/N-ethyl adjacent to an activating group) is 1. The van der Waals surface area contributed by atoms with E-state index in [0.29, 0.717) is 17.5 Å². The standard InChI is InChI=1S/C20H26ClN5O2/c1-25(13-20(27)28-2)12-15-6-8-26(9-7-15)19-11-18(22-14-23-19)24-17-5-3-4-16(21)10-17/h3-5,10-11,14-15H,6-9,12-13H2,1-2H3,(H,22,23,24). The van der Waals surface area contributed by atoms with Crippen molar-refractivity contribution in [2.75, 3.05) is 50.6 Å². The molecule has 7 nitrogen and oxygen atoms in total. The van der Waals surface area contributed by atoms with Crippen LogP contribution in [0, 0.1) is 5.92 Å². The number of aromatic nitrogens is 2. The molecule has 1 aliphatic rings. The Kier molecular flexibility index (Phi) is 7.06. The fourth-order valence-corrected chi connectivity index (χ4v) is 3.63. The van der Waals surface area contributed by atoms with Gasteiger partial charge in [-0.1, -0.05) is 17.7 Å². The number of nitrogens with zero attached hydrogens (tertiary/aromatic N) is 4. The predicted molar refractivity (Wildman–Crippen MR) is 111 cm³/mol. The Morgan fingerprint density at radius 3 is 2.82 bits per heavy atom. The second kappa shape index (κ2) is 9.71. The molecule has 0 radical (unpaired) electrons. The van der Waals surface area contributed by atoms with Gasteiger partial charge in [0.1, 0.15) is 18.0 Å². The van der Waals surface area contributed by atoms with E-state index in [4.69, 9.17) is 16.3 Å². The SMILES string of the molecule is COC(=O)CN(C)CC1CCN(c2cc(Nc3cccc(Cl)c3)ncn2)CC1. The van der Waals surface area contributed by atoms with Crippen LogP contribution in [0.3, 0.4) is 0 Å². The van der Waals surface area contributed by atoms with Crippen molar-refractivity contribution >= 4 is 34.9 Å². The average molecular weight is 404 g/mol. The van der Waals surface area contributed by atoms with Crippen LogP contribution < -0.4 is 10.2 Å². The van der Waals surface area contributed by atoms with E-state index < -0.39 is 0 Å². The summed E-state index contributed by atoms with van der Waals surface area (Å²) in [6, 6.07) is 9.51. The number of carbonyl (C=O) groups is 1. The molecule has 1 N–H and O–H groups in total. The number of nitrogens with one attached hydrogen (secondary N) is 1. The summed E-state index contributed by atoms with van der Waals surface area (Å²) in [5, 5.41) is 3.95. The number of halogens is 1. The van der Waals surface area contributed by atoms with E-state index >= 15 is 0 Å². The number of rotatable bonds is 7. The van der Waals surface area contributed by atoms with Gasteiger partial charge in [0.2, 0.25) is 0 Å². The monoisotopic (exact) mass is 403 g/mol.